The summed E-state index contributed by atoms with van der Waals surface area (Å²) in [5, 5.41) is 36.9. The molecule has 0 fully saturated rings. The van der Waals surface area contributed by atoms with Crippen LogP contribution in [0.1, 0.15) is 31.8 Å². The Morgan fingerprint density at radius 2 is 1.62 bits per heavy atom. The molecule has 0 saturated carbocycles. The van der Waals surface area contributed by atoms with Gasteiger partial charge in [-0.1, -0.05) is 30.4 Å². The highest BCUT2D eigenvalue weighted by Crippen LogP contribution is 2.38. The molecule has 0 aliphatic rings. The lowest BCUT2D eigenvalue weighted by Gasteiger charge is -2.07. The second-order valence-corrected chi connectivity index (χ2v) is 9.04. The van der Waals surface area contributed by atoms with Crippen molar-refractivity contribution in [3.8, 4) is 5.75 Å². The predicted octanol–water partition coefficient (Wildman–Crippen LogP) is 5.17. The fraction of sp³-hybridized carbons (Fsp3) is 0. The van der Waals surface area contributed by atoms with Crippen molar-refractivity contribution in [1.29, 1.82) is 0 Å². The van der Waals surface area contributed by atoms with Crippen molar-refractivity contribution in [2.75, 3.05) is 0 Å². The molecule has 0 amide bonds. The van der Waals surface area contributed by atoms with Crippen LogP contribution in [0.4, 0.5) is 11.4 Å². The molecular formula is C25H17N3O8S. The van der Waals surface area contributed by atoms with E-state index in [9.17, 15) is 32.8 Å². The van der Waals surface area contributed by atoms with E-state index in [-0.39, 0.29) is 33.4 Å². The number of phenols is 1. The Labute approximate surface area is 209 Å². The molecule has 0 unspecified atom stereocenters. The maximum Gasteiger partial charge on any atom is 0.336 e. The molecule has 0 radical (unpaired) electrons. The maximum absolute atomic E-state index is 11.8. The summed E-state index contributed by atoms with van der Waals surface area (Å²) >= 11 is 0. The molecule has 4 N–H and O–H groups in total. The Kier molecular flexibility index (Phi) is 6.78. The van der Waals surface area contributed by atoms with Crippen LogP contribution in [-0.4, -0.2) is 45.2 Å². The number of carboxylic acids is 2. The van der Waals surface area contributed by atoms with Gasteiger partial charge in [-0.05, 0) is 53.6 Å². The summed E-state index contributed by atoms with van der Waals surface area (Å²) in [4.78, 5) is 26.2. The van der Waals surface area contributed by atoms with Gasteiger partial charge < -0.3 is 15.3 Å². The normalized spacial score (nSPS) is 11.9. The Morgan fingerprint density at radius 3 is 2.27 bits per heavy atom. The number of nitrogens with zero attached hydrogens (tertiary/aromatic N) is 3. The summed E-state index contributed by atoms with van der Waals surface area (Å²) in [6, 6.07) is 13.9. The van der Waals surface area contributed by atoms with Crippen molar-refractivity contribution < 1.29 is 37.9 Å². The van der Waals surface area contributed by atoms with Crippen LogP contribution in [0.5, 0.6) is 5.75 Å². The zero-order valence-electron chi connectivity index (χ0n) is 18.7. The number of carboxylic acid groups (broad SMARTS) is 2. The number of azo groups is 1. The zero-order valence-corrected chi connectivity index (χ0v) is 19.5. The molecule has 1 aromatic heterocycles. The molecule has 12 heteroatoms. The molecule has 1 heterocycles. The lowest BCUT2D eigenvalue weighted by atomic mass is 10.0. The first-order chi connectivity index (χ1) is 17.5. The van der Waals surface area contributed by atoms with Gasteiger partial charge in [0.2, 0.25) is 0 Å². The van der Waals surface area contributed by atoms with E-state index in [1.54, 1.807) is 24.3 Å². The quantitative estimate of drug-likeness (QED) is 0.145. The van der Waals surface area contributed by atoms with Crippen molar-refractivity contribution in [3.05, 3.63) is 89.1 Å². The van der Waals surface area contributed by atoms with Gasteiger partial charge in [0, 0.05) is 11.6 Å². The van der Waals surface area contributed by atoms with E-state index < -0.39 is 32.7 Å². The van der Waals surface area contributed by atoms with E-state index in [0.717, 1.165) is 6.07 Å². The molecule has 0 saturated heterocycles. The van der Waals surface area contributed by atoms with E-state index in [1.807, 2.05) is 0 Å². The fourth-order valence-electron chi connectivity index (χ4n) is 3.45. The third-order valence-corrected chi connectivity index (χ3v) is 6.13. The number of phenolic OH excluding ortho intramolecular Hbond substituents is 1. The molecular weight excluding hydrogens is 502 g/mol. The number of aromatic hydroxyl groups is 1. The number of hydrogen-bond donors (Lipinski definition) is 4. The van der Waals surface area contributed by atoms with Crippen molar-refractivity contribution >= 4 is 56.5 Å². The molecule has 11 nitrogen and oxygen atoms in total. The van der Waals surface area contributed by atoms with Crippen molar-refractivity contribution in [1.82, 2.24) is 4.98 Å². The molecule has 0 aliphatic carbocycles. The molecule has 186 valence electrons. The molecule has 3 aromatic carbocycles. The molecule has 4 rings (SSSR count). The van der Waals surface area contributed by atoms with Crippen molar-refractivity contribution in [2.45, 2.75) is 4.90 Å². The minimum Gasteiger partial charge on any atom is -0.504 e. The van der Waals surface area contributed by atoms with Crippen LogP contribution < -0.4 is 0 Å². The monoisotopic (exact) mass is 519 g/mol. The van der Waals surface area contributed by atoms with Gasteiger partial charge in [-0.25, -0.2) is 9.59 Å². The van der Waals surface area contributed by atoms with Crippen LogP contribution in [0.2, 0.25) is 0 Å². The summed E-state index contributed by atoms with van der Waals surface area (Å²) in [6.45, 7) is 0. The van der Waals surface area contributed by atoms with Gasteiger partial charge in [-0.15, -0.1) is 5.11 Å². The Balaban J connectivity index is 1.68. The second kappa shape index (κ2) is 9.97. The van der Waals surface area contributed by atoms with Crippen molar-refractivity contribution in [3.63, 3.8) is 0 Å². The van der Waals surface area contributed by atoms with Crippen LogP contribution in [0.3, 0.4) is 0 Å². The number of rotatable bonds is 7. The smallest absolute Gasteiger partial charge is 0.336 e. The average Bonchev–Trinajstić information content (AvgIpc) is 2.87. The minimum absolute atomic E-state index is 0.0108. The topological polar surface area (TPSA) is 187 Å². The standard InChI is InChI=1S/C25H17N3O8S/c29-23-20(13-21(37(34,35)36)18-2-1-11-26-22(18)23)28-27-17-10-9-15(19(12-17)25(32)33)6-3-14-4-7-16(8-5-14)24(30)31/h1-13,29H,(H,30,31)(H,32,33)(H,34,35,36)/b6-3+,28-27?. The van der Waals surface area contributed by atoms with Crippen LogP contribution >= 0.6 is 0 Å². The average molecular weight is 519 g/mol. The van der Waals surface area contributed by atoms with E-state index in [1.165, 1.54) is 48.7 Å². The summed E-state index contributed by atoms with van der Waals surface area (Å²) < 4.78 is 33.2. The van der Waals surface area contributed by atoms with Gasteiger partial charge in [-0.3, -0.25) is 9.54 Å². The summed E-state index contributed by atoms with van der Waals surface area (Å²) in [5.41, 5.74) is 0.668. The highest BCUT2D eigenvalue weighted by atomic mass is 32.2. The van der Waals surface area contributed by atoms with E-state index in [0.29, 0.717) is 11.1 Å². The molecule has 0 spiro atoms. The third-order valence-electron chi connectivity index (χ3n) is 5.24. The highest BCUT2D eigenvalue weighted by Gasteiger charge is 2.20. The number of pyridine rings is 1. The van der Waals surface area contributed by atoms with E-state index in [4.69, 9.17) is 5.11 Å². The SMILES string of the molecule is O=C(O)c1ccc(/C=C/c2ccc(N=Nc3cc(S(=O)(=O)O)c4cccnc4c3O)cc2C(=O)O)cc1. The Bertz CT molecular complexity index is 1710. The van der Waals surface area contributed by atoms with Crippen LogP contribution in [0.25, 0.3) is 23.1 Å². The van der Waals surface area contributed by atoms with Crippen LogP contribution in [-0.2, 0) is 10.1 Å². The Hall–Kier alpha value is -4.94. The van der Waals surface area contributed by atoms with Crippen LogP contribution in [0.15, 0.2) is 82.0 Å². The number of hydrogen-bond acceptors (Lipinski definition) is 8. The lowest BCUT2D eigenvalue weighted by Crippen LogP contribution is -2.00. The van der Waals surface area contributed by atoms with Crippen molar-refractivity contribution in [2.24, 2.45) is 10.2 Å². The molecule has 0 atom stereocenters. The summed E-state index contributed by atoms with van der Waals surface area (Å²) in [6.07, 6.45) is 4.48. The zero-order chi connectivity index (χ0) is 26.7. The lowest BCUT2D eigenvalue weighted by molar-refractivity contribution is 0.0686. The number of benzene rings is 3. The molecule has 0 bridgehead atoms. The number of fused-ring (bicyclic) bond motifs is 1. The highest BCUT2D eigenvalue weighted by molar-refractivity contribution is 7.86. The van der Waals surface area contributed by atoms with Gasteiger partial charge in [0.25, 0.3) is 10.1 Å². The number of carbonyl (C=O) groups is 2. The van der Waals surface area contributed by atoms with Gasteiger partial charge in [0.1, 0.15) is 16.1 Å². The van der Waals surface area contributed by atoms with E-state index >= 15 is 0 Å². The number of aromatic carboxylic acids is 2. The first-order valence-corrected chi connectivity index (χ1v) is 11.9. The fourth-order valence-corrected chi connectivity index (χ4v) is 4.15. The summed E-state index contributed by atoms with van der Waals surface area (Å²) in [5.74, 6) is -2.78. The minimum atomic E-state index is -4.68. The third kappa shape index (κ3) is 5.50. The first-order valence-electron chi connectivity index (χ1n) is 10.4. The Morgan fingerprint density at radius 1 is 0.892 bits per heavy atom. The van der Waals surface area contributed by atoms with Gasteiger partial charge in [0.05, 0.1) is 16.8 Å². The maximum atomic E-state index is 11.8. The molecule has 0 aliphatic heterocycles. The molecule has 4 aromatic rings. The first kappa shape index (κ1) is 25.2. The van der Waals surface area contributed by atoms with Crippen LogP contribution in [0, 0.1) is 0 Å². The van der Waals surface area contributed by atoms with Gasteiger partial charge in [0.15, 0.2) is 5.75 Å². The molecule has 37 heavy (non-hydrogen) atoms. The second-order valence-electron chi connectivity index (χ2n) is 7.65. The largest absolute Gasteiger partial charge is 0.504 e. The summed E-state index contributed by atoms with van der Waals surface area (Å²) in [7, 11) is -4.68. The van der Waals surface area contributed by atoms with Gasteiger partial charge >= 0.3 is 11.9 Å². The van der Waals surface area contributed by atoms with E-state index in [2.05, 4.69) is 15.2 Å². The van der Waals surface area contributed by atoms with Gasteiger partial charge in [-0.2, -0.15) is 13.5 Å². The predicted molar refractivity (Wildman–Crippen MR) is 133 cm³/mol. The number of aromatic nitrogens is 1.